The van der Waals surface area contributed by atoms with Gasteiger partial charge in [0.1, 0.15) is 0 Å². The molecule has 1 N–H and O–H groups in total. The average Bonchev–Trinajstić information content (AvgIpc) is 2.91. The van der Waals surface area contributed by atoms with Crippen LogP contribution in [0, 0.1) is 0 Å². The van der Waals surface area contributed by atoms with Crippen molar-refractivity contribution in [1.29, 1.82) is 0 Å². The summed E-state index contributed by atoms with van der Waals surface area (Å²) in [6, 6.07) is 16.5. The number of alkyl halides is 3. The minimum atomic E-state index is -4.87. The molecule has 3 rings (SSSR count). The number of ketones is 1. The largest absolute Gasteiger partial charge is 0.454 e. The van der Waals surface area contributed by atoms with E-state index in [2.05, 4.69) is 4.98 Å². The van der Waals surface area contributed by atoms with Crippen molar-refractivity contribution >= 4 is 22.8 Å². The number of carbonyl (C=O) groups is 1. The maximum absolute atomic E-state index is 12.4. The van der Waals surface area contributed by atoms with E-state index in [1.807, 2.05) is 42.5 Å². The summed E-state index contributed by atoms with van der Waals surface area (Å²) in [7, 11) is 0. The number of fused-ring (bicyclic) bond motifs is 1. The van der Waals surface area contributed by atoms with Crippen molar-refractivity contribution in [3.8, 4) is 11.3 Å². The van der Waals surface area contributed by atoms with Crippen molar-refractivity contribution in [3.05, 3.63) is 66.2 Å². The van der Waals surface area contributed by atoms with E-state index in [1.54, 1.807) is 12.1 Å². The van der Waals surface area contributed by atoms with Gasteiger partial charge in [0.25, 0.3) is 5.78 Å². The fraction of sp³-hybridized carbons (Fsp3) is 0.0556. The zero-order valence-corrected chi connectivity index (χ0v) is 11.9. The molecule has 1 heterocycles. The number of hydrogen-bond acceptors (Lipinski definition) is 1. The Morgan fingerprint density at radius 2 is 1.61 bits per heavy atom. The molecule has 0 aliphatic rings. The van der Waals surface area contributed by atoms with Gasteiger partial charge in [0, 0.05) is 16.5 Å². The Balaban J connectivity index is 2.14. The summed E-state index contributed by atoms with van der Waals surface area (Å²) in [4.78, 5) is 14.3. The summed E-state index contributed by atoms with van der Waals surface area (Å²) in [5, 5.41) is 0.762. The first-order valence-electron chi connectivity index (χ1n) is 6.92. The van der Waals surface area contributed by atoms with E-state index >= 15 is 0 Å². The van der Waals surface area contributed by atoms with Crippen molar-refractivity contribution in [2.45, 2.75) is 6.18 Å². The molecule has 116 valence electrons. The molecule has 0 aliphatic carbocycles. The van der Waals surface area contributed by atoms with Crippen LogP contribution in [0.3, 0.4) is 0 Å². The number of halogens is 3. The van der Waals surface area contributed by atoms with E-state index in [1.165, 1.54) is 6.08 Å². The third-order valence-electron chi connectivity index (χ3n) is 3.49. The van der Waals surface area contributed by atoms with Gasteiger partial charge >= 0.3 is 6.18 Å². The second-order valence-electron chi connectivity index (χ2n) is 5.02. The minimum Gasteiger partial charge on any atom is -0.354 e. The van der Waals surface area contributed by atoms with Crippen molar-refractivity contribution in [2.24, 2.45) is 0 Å². The summed E-state index contributed by atoms with van der Waals surface area (Å²) in [5.41, 5.74) is 2.87. The van der Waals surface area contributed by atoms with E-state index in [-0.39, 0.29) is 0 Å². The Morgan fingerprint density at radius 1 is 0.957 bits per heavy atom. The molecule has 0 fully saturated rings. The van der Waals surface area contributed by atoms with E-state index in [0.29, 0.717) is 17.3 Å². The zero-order valence-electron chi connectivity index (χ0n) is 11.9. The maximum Gasteiger partial charge on any atom is 0.454 e. The number of H-pyrrole nitrogens is 1. The van der Waals surface area contributed by atoms with Gasteiger partial charge < -0.3 is 4.98 Å². The normalized spacial score (nSPS) is 12.1. The molecule has 0 unspecified atom stereocenters. The highest BCUT2D eigenvalue weighted by Crippen LogP contribution is 2.31. The molecule has 0 radical (unpaired) electrons. The lowest BCUT2D eigenvalue weighted by molar-refractivity contribution is -0.165. The molecule has 0 amide bonds. The highest BCUT2D eigenvalue weighted by atomic mass is 19.4. The smallest absolute Gasteiger partial charge is 0.354 e. The number of benzene rings is 2. The number of rotatable bonds is 3. The number of hydrogen-bond donors (Lipinski definition) is 1. The van der Waals surface area contributed by atoms with E-state index in [0.717, 1.165) is 16.5 Å². The number of carbonyl (C=O) groups excluding carboxylic acids is 1. The molecule has 3 aromatic rings. The molecule has 0 aliphatic heterocycles. The van der Waals surface area contributed by atoms with Crippen molar-refractivity contribution in [3.63, 3.8) is 0 Å². The molecule has 1 aromatic heterocycles. The van der Waals surface area contributed by atoms with Crippen LogP contribution in [0.4, 0.5) is 13.2 Å². The fourth-order valence-electron chi connectivity index (χ4n) is 2.42. The van der Waals surface area contributed by atoms with Gasteiger partial charge in [-0.15, -0.1) is 0 Å². The van der Waals surface area contributed by atoms with E-state index in [4.69, 9.17) is 0 Å². The first-order chi connectivity index (χ1) is 11.0. The predicted octanol–water partition coefficient (Wildman–Crippen LogP) is 4.98. The van der Waals surface area contributed by atoms with Crippen LogP contribution in [0.2, 0.25) is 0 Å². The molecule has 0 saturated carbocycles. The van der Waals surface area contributed by atoms with Crippen LogP contribution in [-0.2, 0) is 4.79 Å². The van der Waals surface area contributed by atoms with Crippen LogP contribution in [0.25, 0.3) is 28.2 Å². The molecule has 23 heavy (non-hydrogen) atoms. The van der Waals surface area contributed by atoms with Crippen LogP contribution >= 0.6 is 0 Å². The zero-order chi connectivity index (χ0) is 16.4. The van der Waals surface area contributed by atoms with Crippen LogP contribution in [-0.4, -0.2) is 16.9 Å². The molecule has 0 atom stereocenters. The SMILES string of the molecule is O=C(C=Cc1c(-c2ccccc2)[nH]c2ccccc12)C(F)(F)F. The Labute approximate surface area is 130 Å². The Kier molecular flexibility index (Phi) is 3.78. The van der Waals surface area contributed by atoms with Crippen LogP contribution in [0.5, 0.6) is 0 Å². The lowest BCUT2D eigenvalue weighted by Crippen LogP contribution is -2.19. The summed E-state index contributed by atoms with van der Waals surface area (Å²) in [5.74, 6) is -1.87. The molecular weight excluding hydrogens is 303 g/mol. The van der Waals surface area contributed by atoms with Crippen molar-refractivity contribution in [1.82, 2.24) is 4.98 Å². The monoisotopic (exact) mass is 315 g/mol. The number of aromatic nitrogens is 1. The first-order valence-corrected chi connectivity index (χ1v) is 6.92. The van der Waals surface area contributed by atoms with Gasteiger partial charge in [0.2, 0.25) is 0 Å². The standard InChI is InChI=1S/C18H12F3NO/c19-18(20,21)16(23)11-10-14-13-8-4-5-9-15(13)22-17(14)12-6-2-1-3-7-12/h1-11,22H. The molecule has 0 spiro atoms. The van der Waals surface area contributed by atoms with Crippen molar-refractivity contribution in [2.75, 3.05) is 0 Å². The quantitative estimate of drug-likeness (QED) is 0.679. The summed E-state index contributed by atoms with van der Waals surface area (Å²) < 4.78 is 37.2. The topological polar surface area (TPSA) is 32.9 Å². The number of nitrogens with one attached hydrogen (secondary N) is 1. The molecular formula is C18H12F3NO. The van der Waals surface area contributed by atoms with Gasteiger partial charge in [0.05, 0.1) is 5.69 Å². The van der Waals surface area contributed by atoms with Gasteiger partial charge in [-0.2, -0.15) is 13.2 Å². The molecule has 2 nitrogen and oxygen atoms in total. The Hall–Kier alpha value is -2.82. The van der Waals surface area contributed by atoms with Gasteiger partial charge in [-0.1, -0.05) is 48.5 Å². The maximum atomic E-state index is 12.4. The van der Waals surface area contributed by atoms with E-state index < -0.39 is 12.0 Å². The van der Waals surface area contributed by atoms with Crippen LogP contribution < -0.4 is 0 Å². The molecule has 2 aromatic carbocycles. The average molecular weight is 315 g/mol. The van der Waals surface area contributed by atoms with Gasteiger partial charge in [0.15, 0.2) is 0 Å². The summed E-state index contributed by atoms with van der Waals surface area (Å²) >= 11 is 0. The first kappa shape index (κ1) is 15.1. The second kappa shape index (κ2) is 5.76. The predicted molar refractivity (Wildman–Crippen MR) is 83.8 cm³/mol. The highest BCUT2D eigenvalue weighted by molar-refractivity contribution is 6.03. The number of para-hydroxylation sites is 1. The third-order valence-corrected chi connectivity index (χ3v) is 3.49. The van der Waals surface area contributed by atoms with Crippen LogP contribution in [0.1, 0.15) is 5.56 Å². The van der Waals surface area contributed by atoms with Gasteiger partial charge in [-0.05, 0) is 23.8 Å². The Morgan fingerprint density at radius 3 is 2.30 bits per heavy atom. The molecule has 0 bridgehead atoms. The number of aromatic amines is 1. The minimum absolute atomic E-state index is 0.560. The van der Waals surface area contributed by atoms with Crippen molar-refractivity contribution < 1.29 is 18.0 Å². The lowest BCUT2D eigenvalue weighted by Gasteiger charge is -2.02. The Bertz CT molecular complexity index is 876. The molecule has 5 heteroatoms. The second-order valence-corrected chi connectivity index (χ2v) is 5.02. The summed E-state index contributed by atoms with van der Waals surface area (Å²) in [6.45, 7) is 0. The third kappa shape index (κ3) is 3.04. The van der Waals surface area contributed by atoms with E-state index in [9.17, 15) is 18.0 Å². The van der Waals surface area contributed by atoms with Crippen LogP contribution in [0.15, 0.2) is 60.7 Å². The fourth-order valence-corrected chi connectivity index (χ4v) is 2.42. The van der Waals surface area contributed by atoms with Gasteiger partial charge in [-0.3, -0.25) is 4.79 Å². The van der Waals surface area contributed by atoms with Gasteiger partial charge in [-0.25, -0.2) is 0 Å². The molecule has 0 saturated heterocycles. The highest BCUT2D eigenvalue weighted by Gasteiger charge is 2.36. The lowest BCUT2D eigenvalue weighted by atomic mass is 10.0. The summed E-state index contributed by atoms with van der Waals surface area (Å²) in [6.07, 6.45) is -3.07. The number of allylic oxidation sites excluding steroid dienone is 1.